The molecule has 0 aliphatic carbocycles. The van der Waals surface area contributed by atoms with Gasteiger partial charge in [0.05, 0.1) is 6.26 Å². The fourth-order valence-corrected chi connectivity index (χ4v) is 2.98. The number of aryl methyl sites for hydroxylation is 1. The van der Waals surface area contributed by atoms with Gasteiger partial charge in [-0.2, -0.15) is 0 Å². The van der Waals surface area contributed by atoms with Crippen LogP contribution in [0.5, 0.6) is 0 Å². The van der Waals surface area contributed by atoms with Crippen molar-refractivity contribution in [3.63, 3.8) is 0 Å². The van der Waals surface area contributed by atoms with Crippen LogP contribution in [0, 0.1) is 0 Å². The van der Waals surface area contributed by atoms with Crippen LogP contribution < -0.4 is 0 Å². The quantitative estimate of drug-likeness (QED) is 0.868. The summed E-state index contributed by atoms with van der Waals surface area (Å²) >= 11 is 0. The van der Waals surface area contributed by atoms with Gasteiger partial charge in [-0.15, -0.1) is 0 Å². The number of amides is 2. The van der Waals surface area contributed by atoms with Gasteiger partial charge in [-0.05, 0) is 30.5 Å². The molecule has 0 unspecified atom stereocenters. The molecule has 2 aromatic rings. The van der Waals surface area contributed by atoms with Crippen molar-refractivity contribution in [2.75, 3.05) is 26.2 Å². The minimum absolute atomic E-state index is 0.0985. The maximum atomic E-state index is 12.4. The molecular weight excluding hydrogens is 304 g/mol. The van der Waals surface area contributed by atoms with E-state index in [1.165, 1.54) is 11.8 Å². The van der Waals surface area contributed by atoms with E-state index in [2.05, 4.69) is 0 Å². The Hall–Kier alpha value is -2.56. The summed E-state index contributed by atoms with van der Waals surface area (Å²) in [6.45, 7) is 2.49. The second-order valence-electron chi connectivity index (χ2n) is 5.99. The third-order valence-corrected chi connectivity index (χ3v) is 4.34. The Bertz CT molecular complexity index is 667. The molecule has 0 bridgehead atoms. The van der Waals surface area contributed by atoms with Crippen molar-refractivity contribution in [2.24, 2.45) is 0 Å². The van der Waals surface area contributed by atoms with Crippen LogP contribution in [0.15, 0.2) is 53.1 Å². The van der Waals surface area contributed by atoms with Gasteiger partial charge >= 0.3 is 0 Å². The predicted molar refractivity (Wildman–Crippen MR) is 90.6 cm³/mol. The molecule has 1 aliphatic heterocycles. The summed E-state index contributed by atoms with van der Waals surface area (Å²) in [4.78, 5) is 28.4. The van der Waals surface area contributed by atoms with E-state index in [1.807, 2.05) is 35.2 Å². The molecule has 0 spiro atoms. The number of benzene rings is 1. The molecule has 1 aromatic carbocycles. The molecule has 1 aromatic heterocycles. The highest BCUT2D eigenvalue weighted by atomic mass is 16.3. The molecule has 2 heterocycles. The Morgan fingerprint density at radius 3 is 2.42 bits per heavy atom. The summed E-state index contributed by atoms with van der Waals surface area (Å²) < 4.78 is 5.18. The lowest BCUT2D eigenvalue weighted by atomic mass is 10.1. The second kappa shape index (κ2) is 7.81. The third kappa shape index (κ3) is 4.04. The van der Waals surface area contributed by atoms with E-state index in [1.54, 1.807) is 17.0 Å². The van der Waals surface area contributed by atoms with Crippen molar-refractivity contribution in [1.29, 1.82) is 0 Å². The summed E-state index contributed by atoms with van der Waals surface area (Å²) in [5.74, 6) is 0.420. The van der Waals surface area contributed by atoms with E-state index in [4.69, 9.17) is 4.42 Å². The smallest absolute Gasteiger partial charge is 0.289 e. The van der Waals surface area contributed by atoms with Crippen LogP contribution in [0.25, 0.3) is 0 Å². The molecule has 2 amide bonds. The third-order valence-electron chi connectivity index (χ3n) is 4.34. The van der Waals surface area contributed by atoms with E-state index in [9.17, 15) is 9.59 Å². The van der Waals surface area contributed by atoms with E-state index in [0.717, 1.165) is 12.8 Å². The Morgan fingerprint density at radius 2 is 1.67 bits per heavy atom. The molecule has 24 heavy (non-hydrogen) atoms. The number of hydrogen-bond donors (Lipinski definition) is 0. The zero-order valence-electron chi connectivity index (χ0n) is 13.7. The highest BCUT2D eigenvalue weighted by molar-refractivity contribution is 5.91. The van der Waals surface area contributed by atoms with Crippen molar-refractivity contribution >= 4 is 11.8 Å². The van der Waals surface area contributed by atoms with Gasteiger partial charge in [-0.3, -0.25) is 9.59 Å². The summed E-state index contributed by atoms with van der Waals surface area (Å²) in [7, 11) is 0. The molecule has 0 atom stereocenters. The standard InChI is InChI=1S/C19H22N2O3/c22-18(10-9-16-6-2-1-3-7-16)20-11-5-12-21(14-13-20)19(23)17-8-4-15-24-17/h1-4,6-8,15H,5,9-14H2. The molecule has 5 nitrogen and oxygen atoms in total. The van der Waals surface area contributed by atoms with Crippen molar-refractivity contribution < 1.29 is 14.0 Å². The molecule has 3 rings (SSSR count). The second-order valence-corrected chi connectivity index (χ2v) is 5.99. The van der Waals surface area contributed by atoms with E-state index in [0.29, 0.717) is 38.4 Å². The molecule has 5 heteroatoms. The first kappa shape index (κ1) is 16.3. The predicted octanol–water partition coefficient (Wildman–Crippen LogP) is 2.59. The Labute approximate surface area is 141 Å². The fraction of sp³-hybridized carbons (Fsp3) is 0.368. The number of hydrogen-bond acceptors (Lipinski definition) is 3. The highest BCUT2D eigenvalue weighted by Gasteiger charge is 2.23. The zero-order chi connectivity index (χ0) is 16.8. The molecular formula is C19H22N2O3. The maximum Gasteiger partial charge on any atom is 0.289 e. The van der Waals surface area contributed by atoms with Crippen molar-refractivity contribution in [2.45, 2.75) is 19.3 Å². The van der Waals surface area contributed by atoms with Gasteiger partial charge in [-0.1, -0.05) is 30.3 Å². The van der Waals surface area contributed by atoms with Crippen LogP contribution in [0.4, 0.5) is 0 Å². The normalized spacial score (nSPS) is 15.2. The van der Waals surface area contributed by atoms with Crippen LogP contribution >= 0.6 is 0 Å². The van der Waals surface area contributed by atoms with Crippen LogP contribution in [-0.2, 0) is 11.2 Å². The summed E-state index contributed by atoms with van der Waals surface area (Å²) in [5.41, 5.74) is 1.18. The summed E-state index contributed by atoms with van der Waals surface area (Å²) in [5, 5.41) is 0. The van der Waals surface area contributed by atoms with E-state index in [-0.39, 0.29) is 11.8 Å². The minimum Gasteiger partial charge on any atom is -0.459 e. The molecule has 0 radical (unpaired) electrons. The topological polar surface area (TPSA) is 53.8 Å². The summed E-state index contributed by atoms with van der Waals surface area (Å²) in [6, 6.07) is 13.4. The average molecular weight is 326 g/mol. The monoisotopic (exact) mass is 326 g/mol. The number of nitrogens with zero attached hydrogens (tertiary/aromatic N) is 2. The largest absolute Gasteiger partial charge is 0.459 e. The van der Waals surface area contributed by atoms with E-state index < -0.39 is 0 Å². The number of carbonyl (C=O) groups excluding carboxylic acids is 2. The minimum atomic E-state index is -0.0985. The fourth-order valence-electron chi connectivity index (χ4n) is 2.98. The van der Waals surface area contributed by atoms with Crippen LogP contribution in [0.1, 0.15) is 29.0 Å². The Kier molecular flexibility index (Phi) is 5.31. The van der Waals surface area contributed by atoms with Gasteiger partial charge < -0.3 is 14.2 Å². The van der Waals surface area contributed by atoms with Crippen molar-refractivity contribution in [1.82, 2.24) is 9.80 Å². The number of furan rings is 1. The molecule has 126 valence electrons. The van der Waals surface area contributed by atoms with Gasteiger partial charge in [0, 0.05) is 32.6 Å². The molecule has 0 saturated carbocycles. The summed E-state index contributed by atoms with van der Waals surface area (Å²) in [6.07, 6.45) is 3.56. The Morgan fingerprint density at radius 1 is 0.917 bits per heavy atom. The highest BCUT2D eigenvalue weighted by Crippen LogP contribution is 2.11. The van der Waals surface area contributed by atoms with Gasteiger partial charge in [0.15, 0.2) is 5.76 Å². The van der Waals surface area contributed by atoms with Gasteiger partial charge in [-0.25, -0.2) is 0 Å². The maximum absolute atomic E-state index is 12.4. The molecule has 1 aliphatic rings. The number of rotatable bonds is 4. The SMILES string of the molecule is O=C(CCc1ccccc1)N1CCCN(C(=O)c2ccco2)CC1. The van der Waals surface area contributed by atoms with Gasteiger partial charge in [0.1, 0.15) is 0 Å². The first-order chi connectivity index (χ1) is 11.7. The lowest BCUT2D eigenvalue weighted by Gasteiger charge is -2.21. The van der Waals surface area contributed by atoms with Crippen LogP contribution in [-0.4, -0.2) is 47.8 Å². The Balaban J connectivity index is 1.51. The lowest BCUT2D eigenvalue weighted by Crippen LogP contribution is -2.37. The average Bonchev–Trinajstić information content (AvgIpc) is 3.04. The molecule has 1 saturated heterocycles. The molecule has 1 fully saturated rings. The van der Waals surface area contributed by atoms with E-state index >= 15 is 0 Å². The lowest BCUT2D eigenvalue weighted by molar-refractivity contribution is -0.131. The van der Waals surface area contributed by atoms with Crippen molar-refractivity contribution in [3.05, 3.63) is 60.1 Å². The van der Waals surface area contributed by atoms with Crippen molar-refractivity contribution in [3.8, 4) is 0 Å². The number of carbonyl (C=O) groups is 2. The first-order valence-electron chi connectivity index (χ1n) is 8.38. The zero-order valence-corrected chi connectivity index (χ0v) is 13.7. The molecule has 0 N–H and O–H groups in total. The van der Waals surface area contributed by atoms with Gasteiger partial charge in [0.2, 0.25) is 5.91 Å². The van der Waals surface area contributed by atoms with Crippen LogP contribution in [0.2, 0.25) is 0 Å². The van der Waals surface area contributed by atoms with Crippen LogP contribution in [0.3, 0.4) is 0 Å². The van der Waals surface area contributed by atoms with Gasteiger partial charge in [0.25, 0.3) is 5.91 Å². The first-order valence-corrected chi connectivity index (χ1v) is 8.38.